The molecule has 0 aliphatic carbocycles. The number of nitro groups is 1. The van der Waals surface area contributed by atoms with Crippen LogP contribution in [0.5, 0.6) is 0 Å². The maximum absolute atomic E-state index is 12.6. The lowest BCUT2D eigenvalue weighted by molar-refractivity contribution is -0.385. The Balaban J connectivity index is 0.000000266. The van der Waals surface area contributed by atoms with Gasteiger partial charge in [0.25, 0.3) is 5.69 Å². The molecule has 0 saturated carbocycles. The van der Waals surface area contributed by atoms with Crippen molar-refractivity contribution in [3.63, 3.8) is 0 Å². The third kappa shape index (κ3) is 7.23. The number of fused-ring (bicyclic) bond motifs is 1. The van der Waals surface area contributed by atoms with Crippen molar-refractivity contribution in [1.82, 2.24) is 9.88 Å². The van der Waals surface area contributed by atoms with Gasteiger partial charge in [0.05, 0.1) is 21.2 Å². The minimum absolute atomic E-state index is 0.215. The number of non-ortho nitro benzene ring substituents is 1. The minimum Gasteiger partial charge on any atom is -0.360 e. The monoisotopic (exact) mass is 483 g/mol. The van der Waals surface area contributed by atoms with E-state index in [0.717, 1.165) is 19.0 Å². The first kappa shape index (κ1) is 27.2. The van der Waals surface area contributed by atoms with E-state index in [1.807, 2.05) is 25.2 Å². The van der Waals surface area contributed by atoms with Gasteiger partial charge in [-0.1, -0.05) is 45.4 Å². The Kier molecular flexibility index (Phi) is 10.4. The molecule has 0 fully saturated rings. The number of hydrogen-bond acceptors (Lipinski definition) is 4. The highest BCUT2D eigenvalue weighted by molar-refractivity contribution is 7.22. The Labute approximate surface area is 205 Å². The summed E-state index contributed by atoms with van der Waals surface area (Å²) in [5, 5.41) is 10.1. The summed E-state index contributed by atoms with van der Waals surface area (Å²) in [5.74, 6) is -0.542. The summed E-state index contributed by atoms with van der Waals surface area (Å²) in [4.78, 5) is 16.5. The van der Waals surface area contributed by atoms with E-state index in [1.54, 1.807) is 6.92 Å². The van der Waals surface area contributed by atoms with E-state index in [4.69, 9.17) is 0 Å². The Hall–Kier alpha value is -3.03. The quantitative estimate of drug-likeness (QED) is 0.223. The summed E-state index contributed by atoms with van der Waals surface area (Å²) < 4.78 is 14.1. The number of aromatic nitrogens is 1. The van der Waals surface area contributed by atoms with E-state index in [9.17, 15) is 14.5 Å². The third-order valence-corrected chi connectivity index (χ3v) is 6.28. The third-order valence-electron chi connectivity index (χ3n) is 5.02. The number of benzene rings is 2. The lowest BCUT2D eigenvalue weighted by Gasteiger charge is -2.10. The van der Waals surface area contributed by atoms with Crippen LogP contribution in [0.15, 0.2) is 54.7 Å². The molecule has 1 N–H and O–H groups in total. The second-order valence-electron chi connectivity index (χ2n) is 8.05. The van der Waals surface area contributed by atoms with Crippen LogP contribution in [0.1, 0.15) is 43.9 Å². The molecular weight excluding hydrogens is 449 g/mol. The Bertz CT molecular complexity index is 1210. The van der Waals surface area contributed by atoms with Gasteiger partial charge in [0.2, 0.25) is 0 Å². The number of rotatable bonds is 6. The first-order valence-corrected chi connectivity index (χ1v) is 12.3. The highest BCUT2D eigenvalue weighted by Crippen LogP contribution is 2.36. The van der Waals surface area contributed by atoms with Gasteiger partial charge in [0.1, 0.15) is 5.82 Å². The summed E-state index contributed by atoms with van der Waals surface area (Å²) >= 11 is 1.91. The van der Waals surface area contributed by atoms with Crippen molar-refractivity contribution in [2.75, 3.05) is 14.1 Å². The van der Waals surface area contributed by atoms with Crippen LogP contribution < -0.4 is 0 Å². The average molecular weight is 484 g/mol. The average Bonchev–Trinajstić information content (AvgIpc) is 3.39. The minimum atomic E-state index is -0.622. The van der Waals surface area contributed by atoms with Crippen molar-refractivity contribution >= 4 is 27.2 Å². The molecule has 0 radical (unpaired) electrons. The molecule has 0 aliphatic heterocycles. The van der Waals surface area contributed by atoms with Gasteiger partial charge in [-0.2, -0.15) is 0 Å². The van der Waals surface area contributed by atoms with Crippen molar-refractivity contribution in [3.05, 3.63) is 87.3 Å². The summed E-state index contributed by atoms with van der Waals surface area (Å²) in [6.45, 7) is 8.77. The van der Waals surface area contributed by atoms with Gasteiger partial charge in [-0.05, 0) is 67.9 Å². The first-order chi connectivity index (χ1) is 16.3. The number of aryl methyl sites for hydroxylation is 2. The molecule has 4 aromatic rings. The molecule has 7 heteroatoms. The largest absolute Gasteiger partial charge is 0.360 e. The number of aromatic amines is 1. The first-order valence-electron chi connectivity index (χ1n) is 11.5. The molecule has 2 heterocycles. The van der Waals surface area contributed by atoms with Gasteiger partial charge in [-0.25, -0.2) is 4.39 Å². The number of halogens is 1. The van der Waals surface area contributed by atoms with Crippen LogP contribution in [0, 0.1) is 22.9 Å². The van der Waals surface area contributed by atoms with Crippen LogP contribution in [0.2, 0.25) is 0 Å². The van der Waals surface area contributed by atoms with Crippen molar-refractivity contribution in [1.29, 1.82) is 0 Å². The van der Waals surface area contributed by atoms with Crippen molar-refractivity contribution in [2.45, 2.75) is 47.1 Å². The van der Waals surface area contributed by atoms with Crippen LogP contribution >= 0.6 is 11.3 Å². The fraction of sp³-hybridized carbons (Fsp3) is 0.333. The molecule has 4 rings (SSSR count). The molecule has 0 amide bonds. The Morgan fingerprint density at radius 2 is 1.85 bits per heavy atom. The summed E-state index contributed by atoms with van der Waals surface area (Å²) in [5.41, 5.74) is 5.61. The Morgan fingerprint density at radius 3 is 2.47 bits per heavy atom. The van der Waals surface area contributed by atoms with Crippen LogP contribution in [0.3, 0.4) is 0 Å². The predicted molar refractivity (Wildman–Crippen MR) is 142 cm³/mol. The molecule has 0 bridgehead atoms. The molecule has 2 aromatic heterocycles. The van der Waals surface area contributed by atoms with E-state index in [0.29, 0.717) is 5.56 Å². The molecule has 0 spiro atoms. The molecule has 0 saturated heterocycles. The fourth-order valence-corrected chi connectivity index (χ4v) is 4.61. The van der Waals surface area contributed by atoms with Crippen LogP contribution in [0.25, 0.3) is 20.7 Å². The number of nitrogens with one attached hydrogen (secondary N) is 1. The topological polar surface area (TPSA) is 62.2 Å². The molecule has 5 nitrogen and oxygen atoms in total. The Morgan fingerprint density at radius 1 is 1.12 bits per heavy atom. The number of hydrogen-bond donors (Lipinski definition) is 1. The number of nitrogens with zero attached hydrogens (tertiary/aromatic N) is 2. The van der Waals surface area contributed by atoms with Gasteiger partial charge in [-0.15, -0.1) is 11.3 Å². The van der Waals surface area contributed by atoms with Gasteiger partial charge in [-0.3, -0.25) is 10.1 Å². The fourth-order valence-electron chi connectivity index (χ4n) is 3.45. The second-order valence-corrected chi connectivity index (χ2v) is 9.10. The number of nitro benzene ring substituents is 1. The molecule has 0 atom stereocenters. The van der Waals surface area contributed by atoms with Crippen LogP contribution in [-0.2, 0) is 13.0 Å². The highest BCUT2D eigenvalue weighted by Gasteiger charge is 2.10. The predicted octanol–water partition coefficient (Wildman–Crippen LogP) is 7.98. The number of thiophene rings is 1. The molecule has 2 aromatic carbocycles. The van der Waals surface area contributed by atoms with E-state index >= 15 is 0 Å². The van der Waals surface area contributed by atoms with E-state index in [1.165, 1.54) is 50.3 Å². The zero-order valence-electron chi connectivity index (χ0n) is 20.8. The molecular formula is C27H34FN3O2S. The van der Waals surface area contributed by atoms with Gasteiger partial charge >= 0.3 is 0 Å². The van der Waals surface area contributed by atoms with Gasteiger partial charge in [0.15, 0.2) is 0 Å². The highest BCUT2D eigenvalue weighted by atomic mass is 32.1. The molecule has 0 aliphatic rings. The lowest BCUT2D eigenvalue weighted by Crippen LogP contribution is -2.10. The maximum Gasteiger partial charge on any atom is 0.272 e. The maximum atomic E-state index is 12.6. The second kappa shape index (κ2) is 13.0. The molecule has 0 unspecified atom stereocenters. The van der Waals surface area contributed by atoms with E-state index < -0.39 is 10.7 Å². The summed E-state index contributed by atoms with van der Waals surface area (Å²) in [7, 11) is 4.22. The standard InChI is InChI=1S/C18H22N2S.C7H6FNO2.C2H6/c1-4-6-15-11-19-16-10-17(21-18(15)16)14-8-5-7-13(9-14)12-20(2)3;1-5-2-3-6(9(10)11)4-7(5)8;1-2/h5,7-11,19H,4,6,12H2,1-3H3;2-4H,1H3;1-2H3. The van der Waals surface area contributed by atoms with Crippen LogP contribution in [-0.4, -0.2) is 28.9 Å². The van der Waals surface area contributed by atoms with Crippen molar-refractivity contribution in [2.24, 2.45) is 0 Å². The molecule has 34 heavy (non-hydrogen) atoms. The summed E-state index contributed by atoms with van der Waals surface area (Å²) in [6.07, 6.45) is 4.51. The van der Waals surface area contributed by atoms with Crippen LogP contribution in [0.4, 0.5) is 10.1 Å². The normalized spacial score (nSPS) is 10.5. The van der Waals surface area contributed by atoms with Crippen molar-refractivity contribution in [3.8, 4) is 10.4 Å². The smallest absolute Gasteiger partial charge is 0.272 e. The SMILES string of the molecule is CC.CCCc1c[nH]c2cc(-c3cccc(CN(C)C)c3)sc12.Cc1ccc([N+](=O)[O-])cc1F. The zero-order valence-corrected chi connectivity index (χ0v) is 21.6. The summed E-state index contributed by atoms with van der Waals surface area (Å²) in [6, 6.07) is 14.7. The molecule has 182 valence electrons. The lowest BCUT2D eigenvalue weighted by atomic mass is 10.1. The zero-order chi connectivity index (χ0) is 25.3. The number of H-pyrrole nitrogens is 1. The van der Waals surface area contributed by atoms with E-state index in [2.05, 4.69) is 67.4 Å². The van der Waals surface area contributed by atoms with Crippen molar-refractivity contribution < 1.29 is 9.31 Å². The van der Waals surface area contributed by atoms with Gasteiger partial charge in [0, 0.05) is 23.7 Å². The van der Waals surface area contributed by atoms with E-state index in [-0.39, 0.29) is 5.69 Å². The van der Waals surface area contributed by atoms with Gasteiger partial charge < -0.3 is 9.88 Å².